The Morgan fingerprint density at radius 1 is 1.10 bits per heavy atom. The predicted octanol–water partition coefficient (Wildman–Crippen LogP) is 3.45. The Labute approximate surface area is 125 Å². The summed E-state index contributed by atoms with van der Waals surface area (Å²) in [4.78, 5) is 0.211. The maximum absolute atomic E-state index is 12.3. The Morgan fingerprint density at radius 3 is 2.33 bits per heavy atom. The molecule has 0 saturated heterocycles. The van der Waals surface area contributed by atoms with Crippen molar-refractivity contribution in [3.8, 4) is 5.75 Å². The van der Waals surface area contributed by atoms with Crippen LogP contribution in [0.25, 0.3) is 0 Å². The maximum atomic E-state index is 12.3. The highest BCUT2D eigenvalue weighted by Crippen LogP contribution is 2.23. The largest absolute Gasteiger partial charge is 0.508 e. The third-order valence-electron chi connectivity index (χ3n) is 3.23. The summed E-state index contributed by atoms with van der Waals surface area (Å²) in [6, 6.07) is 11.5. The lowest BCUT2D eigenvalue weighted by atomic mass is 10.1. The van der Waals surface area contributed by atoms with Gasteiger partial charge in [0.2, 0.25) is 0 Å². The third kappa shape index (κ3) is 3.76. The first-order chi connectivity index (χ1) is 9.92. The average molecular weight is 305 g/mol. The zero-order valence-corrected chi connectivity index (χ0v) is 12.9. The standard InChI is InChI=1S/C16H19NO3S/c1-3-4-13-6-9-15(10-7-13)21(19,20)17-14-8-5-12(2)16(18)11-14/h5-11,17-18H,3-4H2,1-2H3. The Kier molecular flexibility index (Phi) is 4.53. The highest BCUT2D eigenvalue weighted by Gasteiger charge is 2.14. The molecule has 0 aliphatic heterocycles. The Morgan fingerprint density at radius 2 is 1.76 bits per heavy atom. The van der Waals surface area contributed by atoms with E-state index in [0.717, 1.165) is 18.4 Å². The summed E-state index contributed by atoms with van der Waals surface area (Å²) in [6.45, 7) is 3.83. The molecule has 21 heavy (non-hydrogen) atoms. The van der Waals surface area contributed by atoms with Gasteiger partial charge < -0.3 is 5.11 Å². The molecule has 0 radical (unpaired) electrons. The molecule has 4 nitrogen and oxygen atoms in total. The van der Waals surface area contributed by atoms with Crippen LogP contribution in [-0.4, -0.2) is 13.5 Å². The van der Waals surface area contributed by atoms with Crippen LogP contribution in [0.5, 0.6) is 5.75 Å². The smallest absolute Gasteiger partial charge is 0.261 e. The second-order valence-corrected chi connectivity index (χ2v) is 6.68. The van der Waals surface area contributed by atoms with Crippen LogP contribution in [0.2, 0.25) is 0 Å². The maximum Gasteiger partial charge on any atom is 0.261 e. The number of phenols is 1. The second kappa shape index (κ2) is 6.18. The van der Waals surface area contributed by atoms with Crippen molar-refractivity contribution >= 4 is 15.7 Å². The average Bonchev–Trinajstić information content (AvgIpc) is 2.44. The molecular weight excluding hydrogens is 286 g/mol. The van der Waals surface area contributed by atoms with E-state index in [4.69, 9.17) is 0 Å². The minimum absolute atomic E-state index is 0.0634. The molecule has 2 N–H and O–H groups in total. The van der Waals surface area contributed by atoms with Gasteiger partial charge in [0.15, 0.2) is 0 Å². The van der Waals surface area contributed by atoms with Gasteiger partial charge in [-0.15, -0.1) is 0 Å². The lowest BCUT2D eigenvalue weighted by Crippen LogP contribution is -2.12. The van der Waals surface area contributed by atoms with E-state index in [-0.39, 0.29) is 10.6 Å². The number of hydrogen-bond acceptors (Lipinski definition) is 3. The molecule has 0 saturated carbocycles. The summed E-state index contributed by atoms with van der Waals surface area (Å²) >= 11 is 0. The van der Waals surface area contributed by atoms with E-state index in [2.05, 4.69) is 11.6 Å². The van der Waals surface area contributed by atoms with E-state index in [9.17, 15) is 13.5 Å². The topological polar surface area (TPSA) is 66.4 Å². The van der Waals surface area contributed by atoms with Gasteiger partial charge in [0.05, 0.1) is 10.6 Å². The van der Waals surface area contributed by atoms with Crippen LogP contribution in [0.15, 0.2) is 47.4 Å². The van der Waals surface area contributed by atoms with E-state index in [1.54, 1.807) is 31.2 Å². The second-order valence-electron chi connectivity index (χ2n) is 5.00. The fourth-order valence-electron chi connectivity index (χ4n) is 2.01. The molecule has 0 aliphatic carbocycles. The van der Waals surface area contributed by atoms with Crippen LogP contribution in [0.4, 0.5) is 5.69 Å². The van der Waals surface area contributed by atoms with Crippen molar-refractivity contribution in [2.45, 2.75) is 31.6 Å². The van der Waals surface area contributed by atoms with Crippen LogP contribution in [0.1, 0.15) is 24.5 Å². The number of sulfonamides is 1. The van der Waals surface area contributed by atoms with E-state index in [1.807, 2.05) is 12.1 Å². The number of aromatic hydroxyl groups is 1. The van der Waals surface area contributed by atoms with Gasteiger partial charge in [0, 0.05) is 6.07 Å². The summed E-state index contributed by atoms with van der Waals surface area (Å²) in [6.07, 6.45) is 1.95. The zero-order chi connectivity index (χ0) is 15.5. The predicted molar refractivity (Wildman–Crippen MR) is 84.1 cm³/mol. The Hall–Kier alpha value is -2.01. The molecule has 0 fully saturated rings. The van der Waals surface area contributed by atoms with Crippen molar-refractivity contribution < 1.29 is 13.5 Å². The molecule has 2 aromatic carbocycles. The van der Waals surface area contributed by atoms with Gasteiger partial charge in [0.25, 0.3) is 10.0 Å². The van der Waals surface area contributed by atoms with Crippen molar-refractivity contribution in [3.05, 3.63) is 53.6 Å². The molecule has 112 valence electrons. The summed E-state index contributed by atoms with van der Waals surface area (Å²) in [5.41, 5.74) is 2.15. The molecule has 0 heterocycles. The molecule has 0 spiro atoms. The fourth-order valence-corrected chi connectivity index (χ4v) is 3.06. The monoisotopic (exact) mass is 305 g/mol. The molecule has 0 bridgehead atoms. The van der Waals surface area contributed by atoms with E-state index >= 15 is 0 Å². The first kappa shape index (κ1) is 15.4. The number of hydrogen-bond donors (Lipinski definition) is 2. The summed E-state index contributed by atoms with van der Waals surface area (Å²) in [7, 11) is -3.64. The van der Waals surface area contributed by atoms with Gasteiger partial charge in [-0.25, -0.2) is 8.42 Å². The number of nitrogens with one attached hydrogen (secondary N) is 1. The van der Waals surface area contributed by atoms with Gasteiger partial charge in [-0.2, -0.15) is 0 Å². The first-order valence-electron chi connectivity index (χ1n) is 6.84. The van der Waals surface area contributed by atoms with Crippen LogP contribution in [0.3, 0.4) is 0 Å². The number of benzene rings is 2. The van der Waals surface area contributed by atoms with Crippen LogP contribution < -0.4 is 4.72 Å². The third-order valence-corrected chi connectivity index (χ3v) is 4.63. The Balaban J connectivity index is 2.23. The normalized spacial score (nSPS) is 11.3. The number of aryl methyl sites for hydroxylation is 2. The molecular formula is C16H19NO3S. The highest BCUT2D eigenvalue weighted by molar-refractivity contribution is 7.92. The number of anilines is 1. The van der Waals surface area contributed by atoms with Crippen molar-refractivity contribution in [2.24, 2.45) is 0 Å². The summed E-state index contributed by atoms with van der Waals surface area (Å²) < 4.78 is 27.0. The SMILES string of the molecule is CCCc1ccc(S(=O)(=O)Nc2ccc(C)c(O)c2)cc1. The van der Waals surface area contributed by atoms with Gasteiger partial charge in [-0.1, -0.05) is 31.5 Å². The highest BCUT2D eigenvalue weighted by atomic mass is 32.2. The quantitative estimate of drug-likeness (QED) is 0.889. The van der Waals surface area contributed by atoms with Crippen molar-refractivity contribution in [1.82, 2.24) is 0 Å². The molecule has 5 heteroatoms. The van der Waals surface area contributed by atoms with Crippen molar-refractivity contribution in [1.29, 1.82) is 0 Å². The summed E-state index contributed by atoms with van der Waals surface area (Å²) in [5, 5.41) is 9.63. The van der Waals surface area contributed by atoms with Gasteiger partial charge in [-0.3, -0.25) is 4.72 Å². The fraction of sp³-hybridized carbons (Fsp3) is 0.250. The Bertz CT molecular complexity index is 722. The lowest BCUT2D eigenvalue weighted by molar-refractivity contribution is 0.471. The van der Waals surface area contributed by atoms with Gasteiger partial charge >= 0.3 is 0 Å². The number of phenolic OH excluding ortho intramolecular Hbond substituents is 1. The molecule has 0 atom stereocenters. The molecule has 2 aromatic rings. The van der Waals surface area contributed by atoms with Crippen LogP contribution in [0, 0.1) is 6.92 Å². The minimum atomic E-state index is -3.64. The molecule has 0 unspecified atom stereocenters. The minimum Gasteiger partial charge on any atom is -0.508 e. The first-order valence-corrected chi connectivity index (χ1v) is 8.32. The van der Waals surface area contributed by atoms with Crippen molar-refractivity contribution in [2.75, 3.05) is 4.72 Å². The van der Waals surface area contributed by atoms with Crippen LogP contribution in [-0.2, 0) is 16.4 Å². The number of rotatable bonds is 5. The van der Waals surface area contributed by atoms with Gasteiger partial charge in [-0.05, 0) is 42.7 Å². The lowest BCUT2D eigenvalue weighted by Gasteiger charge is -2.10. The van der Waals surface area contributed by atoms with E-state index < -0.39 is 10.0 Å². The molecule has 0 aliphatic rings. The molecule has 0 amide bonds. The zero-order valence-electron chi connectivity index (χ0n) is 12.1. The molecule has 0 aromatic heterocycles. The summed E-state index contributed by atoms with van der Waals surface area (Å²) in [5.74, 6) is 0.0634. The van der Waals surface area contributed by atoms with E-state index in [1.165, 1.54) is 6.07 Å². The van der Waals surface area contributed by atoms with E-state index in [0.29, 0.717) is 11.3 Å². The molecule has 2 rings (SSSR count). The van der Waals surface area contributed by atoms with Crippen LogP contribution >= 0.6 is 0 Å². The van der Waals surface area contributed by atoms with Gasteiger partial charge in [0.1, 0.15) is 5.75 Å². The van der Waals surface area contributed by atoms with Crippen molar-refractivity contribution in [3.63, 3.8) is 0 Å².